The molecule has 0 aliphatic carbocycles. The smallest absolute Gasteiger partial charge is 0.229 e. The molecule has 2 N–H and O–H groups in total. The average molecular weight is 459 g/mol. The standard InChI is InChI=1S/C27H22N8/c1-2-7-23-21(6-1)30-17-35(23)26-11-13-29-27(33-26)31-20-5-3-4-18(14-20)19-8-9-25-32-22-15-28-12-10-24(22)34(25)16-19/h1-9,11,13-14,16-17,28H,10,12,15H2,(H,29,31,33). The Morgan fingerprint density at radius 1 is 0.886 bits per heavy atom. The number of hydrogen-bond acceptors (Lipinski definition) is 6. The number of anilines is 2. The number of hydrogen-bond donors (Lipinski definition) is 2. The van der Waals surface area contributed by atoms with Gasteiger partial charge in [0, 0.05) is 43.3 Å². The van der Waals surface area contributed by atoms with Crippen LogP contribution < -0.4 is 10.6 Å². The van der Waals surface area contributed by atoms with E-state index in [1.54, 1.807) is 12.5 Å². The SMILES string of the molecule is c1cc(Nc2nccc(-n3cnc4ccccc43)n2)cc(-c2ccc3nc4c(n3c2)CCNC4)c1. The minimum Gasteiger partial charge on any atom is -0.324 e. The third-order valence-corrected chi connectivity index (χ3v) is 6.42. The van der Waals surface area contributed by atoms with E-state index in [-0.39, 0.29) is 0 Å². The number of rotatable bonds is 4. The van der Waals surface area contributed by atoms with Crippen LogP contribution in [0.5, 0.6) is 0 Å². The summed E-state index contributed by atoms with van der Waals surface area (Å²) in [5, 5.41) is 6.76. The van der Waals surface area contributed by atoms with Gasteiger partial charge in [0.1, 0.15) is 17.8 Å². The van der Waals surface area contributed by atoms with Crippen LogP contribution in [0.2, 0.25) is 0 Å². The highest BCUT2D eigenvalue weighted by atomic mass is 15.2. The molecule has 0 saturated carbocycles. The third-order valence-electron chi connectivity index (χ3n) is 6.42. The van der Waals surface area contributed by atoms with E-state index in [9.17, 15) is 0 Å². The first-order chi connectivity index (χ1) is 17.3. The van der Waals surface area contributed by atoms with Crippen LogP contribution in [-0.4, -0.2) is 35.4 Å². The van der Waals surface area contributed by atoms with Crippen molar-refractivity contribution in [3.63, 3.8) is 0 Å². The van der Waals surface area contributed by atoms with Crippen LogP contribution in [0.25, 0.3) is 33.6 Å². The highest BCUT2D eigenvalue weighted by molar-refractivity contribution is 5.77. The van der Waals surface area contributed by atoms with Crippen LogP contribution in [0.4, 0.5) is 11.6 Å². The first-order valence-electron chi connectivity index (χ1n) is 11.7. The van der Waals surface area contributed by atoms with E-state index in [1.807, 2.05) is 47.0 Å². The van der Waals surface area contributed by atoms with E-state index in [0.717, 1.165) is 64.5 Å². The van der Waals surface area contributed by atoms with Crippen molar-refractivity contribution in [2.45, 2.75) is 13.0 Å². The summed E-state index contributed by atoms with van der Waals surface area (Å²) in [6.07, 6.45) is 6.72. The Bertz CT molecular complexity index is 1700. The second kappa shape index (κ2) is 8.03. The summed E-state index contributed by atoms with van der Waals surface area (Å²) in [5.74, 6) is 1.29. The third kappa shape index (κ3) is 3.51. The molecule has 6 aromatic rings. The summed E-state index contributed by atoms with van der Waals surface area (Å²) in [7, 11) is 0. The molecule has 0 radical (unpaired) electrons. The zero-order valence-electron chi connectivity index (χ0n) is 18.9. The lowest BCUT2D eigenvalue weighted by atomic mass is 10.1. The van der Waals surface area contributed by atoms with Gasteiger partial charge in [-0.1, -0.05) is 24.3 Å². The van der Waals surface area contributed by atoms with Crippen molar-refractivity contribution in [3.05, 3.63) is 96.8 Å². The molecule has 8 nitrogen and oxygen atoms in total. The van der Waals surface area contributed by atoms with E-state index in [1.165, 1.54) is 5.69 Å². The summed E-state index contributed by atoms with van der Waals surface area (Å²) in [5.41, 5.74) is 8.55. The Balaban J connectivity index is 1.20. The van der Waals surface area contributed by atoms with E-state index >= 15 is 0 Å². The summed E-state index contributed by atoms with van der Waals surface area (Å²) in [4.78, 5) is 18.4. The van der Waals surface area contributed by atoms with E-state index in [2.05, 4.69) is 55.5 Å². The number of nitrogens with zero attached hydrogens (tertiary/aromatic N) is 6. The first-order valence-corrected chi connectivity index (χ1v) is 11.7. The van der Waals surface area contributed by atoms with Crippen molar-refractivity contribution in [1.29, 1.82) is 0 Å². The van der Waals surface area contributed by atoms with E-state index < -0.39 is 0 Å². The van der Waals surface area contributed by atoms with Gasteiger partial charge in [0.05, 0.1) is 16.7 Å². The molecule has 0 saturated heterocycles. The topological polar surface area (TPSA) is 85.0 Å². The number of aromatic nitrogens is 6. The lowest BCUT2D eigenvalue weighted by Gasteiger charge is -2.13. The number of para-hydroxylation sites is 2. The van der Waals surface area contributed by atoms with Crippen LogP contribution in [0, 0.1) is 0 Å². The van der Waals surface area contributed by atoms with Gasteiger partial charge in [0.15, 0.2) is 0 Å². The fraction of sp³-hybridized carbons (Fsp3) is 0.111. The Labute approximate surface area is 201 Å². The zero-order valence-corrected chi connectivity index (χ0v) is 18.9. The number of fused-ring (bicyclic) bond motifs is 4. The Morgan fingerprint density at radius 3 is 2.86 bits per heavy atom. The van der Waals surface area contributed by atoms with Crippen LogP contribution in [0.1, 0.15) is 11.4 Å². The average Bonchev–Trinajstić information content (AvgIpc) is 3.50. The van der Waals surface area contributed by atoms with Gasteiger partial charge >= 0.3 is 0 Å². The molecule has 0 bridgehead atoms. The summed E-state index contributed by atoms with van der Waals surface area (Å²) in [6.45, 7) is 1.82. The second-order valence-corrected chi connectivity index (χ2v) is 8.63. The highest BCUT2D eigenvalue weighted by Crippen LogP contribution is 2.26. The molecule has 35 heavy (non-hydrogen) atoms. The van der Waals surface area contributed by atoms with Crippen LogP contribution in [-0.2, 0) is 13.0 Å². The van der Waals surface area contributed by atoms with Crippen molar-refractivity contribution in [2.24, 2.45) is 0 Å². The quantitative estimate of drug-likeness (QED) is 0.404. The molecule has 170 valence electrons. The van der Waals surface area contributed by atoms with Gasteiger partial charge < -0.3 is 15.0 Å². The Hall–Kier alpha value is -4.56. The van der Waals surface area contributed by atoms with Gasteiger partial charge in [-0.15, -0.1) is 0 Å². The maximum absolute atomic E-state index is 4.77. The van der Waals surface area contributed by atoms with Crippen molar-refractivity contribution < 1.29 is 0 Å². The molecule has 0 fully saturated rings. The van der Waals surface area contributed by atoms with Crippen molar-refractivity contribution in [1.82, 2.24) is 34.2 Å². The normalized spacial score (nSPS) is 13.3. The molecule has 5 heterocycles. The molecule has 1 aliphatic rings. The van der Waals surface area contributed by atoms with Gasteiger partial charge in [-0.3, -0.25) is 4.57 Å². The minimum atomic E-state index is 0.532. The molecule has 0 amide bonds. The fourth-order valence-corrected chi connectivity index (χ4v) is 4.72. The molecule has 8 heteroatoms. The van der Waals surface area contributed by atoms with E-state index in [4.69, 9.17) is 9.97 Å². The number of benzene rings is 2. The van der Waals surface area contributed by atoms with Crippen LogP contribution in [0.3, 0.4) is 0 Å². The van der Waals surface area contributed by atoms with Crippen LogP contribution in [0.15, 0.2) is 85.5 Å². The minimum absolute atomic E-state index is 0.532. The van der Waals surface area contributed by atoms with Gasteiger partial charge in [-0.25, -0.2) is 15.0 Å². The largest absolute Gasteiger partial charge is 0.324 e. The maximum atomic E-state index is 4.77. The first kappa shape index (κ1) is 19.9. The summed E-state index contributed by atoms with van der Waals surface area (Å²) < 4.78 is 4.20. The van der Waals surface area contributed by atoms with E-state index in [0.29, 0.717) is 5.95 Å². The van der Waals surface area contributed by atoms with Crippen molar-refractivity contribution in [2.75, 3.05) is 11.9 Å². The van der Waals surface area contributed by atoms with Crippen molar-refractivity contribution in [3.8, 4) is 16.9 Å². The van der Waals surface area contributed by atoms with Gasteiger partial charge in [-0.2, -0.15) is 4.98 Å². The summed E-state index contributed by atoms with van der Waals surface area (Å²) in [6, 6.07) is 22.4. The second-order valence-electron chi connectivity index (χ2n) is 8.63. The van der Waals surface area contributed by atoms with Gasteiger partial charge in [0.2, 0.25) is 5.95 Å². The van der Waals surface area contributed by atoms with Crippen molar-refractivity contribution >= 4 is 28.3 Å². The molecular formula is C27H22N8. The molecule has 0 spiro atoms. The van der Waals surface area contributed by atoms with Gasteiger partial charge in [0.25, 0.3) is 0 Å². The fourth-order valence-electron chi connectivity index (χ4n) is 4.72. The van der Waals surface area contributed by atoms with Crippen LogP contribution >= 0.6 is 0 Å². The molecule has 1 aliphatic heterocycles. The Kier molecular flexibility index (Phi) is 4.56. The van der Waals surface area contributed by atoms with Gasteiger partial charge in [-0.05, 0) is 53.6 Å². The predicted octanol–water partition coefficient (Wildman–Crippen LogP) is 4.52. The molecule has 7 rings (SSSR count). The number of nitrogens with one attached hydrogen (secondary N) is 2. The predicted molar refractivity (Wildman–Crippen MR) is 136 cm³/mol. The number of imidazole rings is 2. The monoisotopic (exact) mass is 458 g/mol. The molecule has 0 atom stereocenters. The molecular weight excluding hydrogens is 436 g/mol. The Morgan fingerprint density at radius 2 is 1.86 bits per heavy atom. The molecule has 2 aromatic carbocycles. The highest BCUT2D eigenvalue weighted by Gasteiger charge is 2.16. The molecule has 4 aromatic heterocycles. The lowest BCUT2D eigenvalue weighted by molar-refractivity contribution is 0.623. The zero-order chi connectivity index (χ0) is 23.2. The lowest BCUT2D eigenvalue weighted by Crippen LogP contribution is -2.24. The maximum Gasteiger partial charge on any atom is 0.229 e. The summed E-state index contributed by atoms with van der Waals surface area (Å²) >= 11 is 0. The number of pyridine rings is 1. The molecule has 0 unspecified atom stereocenters.